The second kappa shape index (κ2) is 13.3. The molecule has 0 saturated heterocycles. The van der Waals surface area contributed by atoms with Crippen LogP contribution in [0.15, 0.2) is 151 Å². The quantitative estimate of drug-likeness (QED) is 0.146. The Hall–Kier alpha value is -4.75. The topological polar surface area (TPSA) is 12.4 Å². The SMILES string of the molecule is C=C/C(=N\C(C)(/C=C/C=C\C(=C/C)c1ccccc1)c1ccccc1)c1ccc(-c2ccc(C)c3c2CCC=C3)cc1. The molecule has 0 radical (unpaired) electrons. The van der Waals surface area contributed by atoms with E-state index in [1.807, 2.05) is 18.2 Å². The van der Waals surface area contributed by atoms with Gasteiger partial charge in [-0.15, -0.1) is 0 Å². The molecule has 1 aliphatic carbocycles. The van der Waals surface area contributed by atoms with E-state index in [4.69, 9.17) is 4.99 Å². The molecular weight excluding hydrogens is 506 g/mol. The van der Waals surface area contributed by atoms with E-state index in [-0.39, 0.29) is 0 Å². The summed E-state index contributed by atoms with van der Waals surface area (Å²) in [6, 6.07) is 34.2. The standard InChI is InChI=1S/C41H39N/c1-5-32(33-18-9-7-10-19-33)17-15-16-30-41(4,36-20-11-8-12-21-36)42-40(6-2)35-27-25-34(26-28-35)38-29-24-31(3)37-22-13-14-23-39(37)38/h5-13,15-22,24-30H,2,14,23H2,1,3-4H3/b17-15-,30-16+,32-5+,42-40+. The van der Waals surface area contributed by atoms with Crippen molar-refractivity contribution in [1.29, 1.82) is 0 Å². The lowest BCUT2D eigenvalue weighted by molar-refractivity contribution is 0.635. The number of aryl methyl sites for hydroxylation is 1. The molecule has 0 fully saturated rings. The maximum atomic E-state index is 5.30. The molecular formula is C41H39N. The van der Waals surface area contributed by atoms with Gasteiger partial charge in [0.15, 0.2) is 0 Å². The van der Waals surface area contributed by atoms with Crippen molar-refractivity contribution in [2.75, 3.05) is 0 Å². The van der Waals surface area contributed by atoms with Crippen LogP contribution in [0.5, 0.6) is 0 Å². The van der Waals surface area contributed by atoms with Gasteiger partial charge in [-0.2, -0.15) is 0 Å². The van der Waals surface area contributed by atoms with Crippen LogP contribution in [0.4, 0.5) is 0 Å². The van der Waals surface area contributed by atoms with Gasteiger partial charge in [0, 0.05) is 0 Å². The van der Waals surface area contributed by atoms with Gasteiger partial charge in [-0.25, -0.2) is 0 Å². The Morgan fingerprint density at radius 3 is 2.24 bits per heavy atom. The minimum atomic E-state index is -0.570. The fourth-order valence-corrected chi connectivity index (χ4v) is 5.65. The molecule has 1 heteroatoms. The van der Waals surface area contributed by atoms with Crippen molar-refractivity contribution in [1.82, 2.24) is 0 Å². The molecule has 0 aromatic heterocycles. The number of fused-ring (bicyclic) bond motifs is 1. The second-order valence-corrected chi connectivity index (χ2v) is 10.9. The van der Waals surface area contributed by atoms with Gasteiger partial charge in [0.25, 0.3) is 0 Å². The largest absolute Gasteiger partial charge is 0.269 e. The average molecular weight is 546 g/mol. The second-order valence-electron chi connectivity index (χ2n) is 10.9. The van der Waals surface area contributed by atoms with Crippen molar-refractivity contribution < 1.29 is 0 Å². The fourth-order valence-electron chi connectivity index (χ4n) is 5.65. The third kappa shape index (κ3) is 6.42. The molecule has 0 heterocycles. The molecule has 1 nitrogen and oxygen atoms in total. The van der Waals surface area contributed by atoms with E-state index in [1.165, 1.54) is 39.0 Å². The summed E-state index contributed by atoms with van der Waals surface area (Å²) in [5, 5.41) is 0. The third-order valence-electron chi connectivity index (χ3n) is 8.04. The van der Waals surface area contributed by atoms with Gasteiger partial charge in [-0.1, -0.05) is 146 Å². The first-order valence-corrected chi connectivity index (χ1v) is 14.8. The summed E-state index contributed by atoms with van der Waals surface area (Å²) in [5.74, 6) is 0. The summed E-state index contributed by atoms with van der Waals surface area (Å²) in [6.45, 7) is 10.6. The Bertz CT molecular complexity index is 1680. The summed E-state index contributed by atoms with van der Waals surface area (Å²) in [4.78, 5) is 5.30. The van der Waals surface area contributed by atoms with Crippen molar-refractivity contribution >= 4 is 17.4 Å². The summed E-state index contributed by atoms with van der Waals surface area (Å²) in [5.41, 5.74) is 11.6. The lowest BCUT2D eigenvalue weighted by atomic mass is 9.86. The summed E-state index contributed by atoms with van der Waals surface area (Å²) in [7, 11) is 0. The first kappa shape index (κ1) is 28.8. The Kier molecular flexibility index (Phi) is 9.09. The maximum absolute atomic E-state index is 5.30. The lowest BCUT2D eigenvalue weighted by Crippen LogP contribution is -2.18. The van der Waals surface area contributed by atoms with Crippen LogP contribution in [0, 0.1) is 6.92 Å². The highest BCUT2D eigenvalue weighted by Crippen LogP contribution is 2.34. The summed E-state index contributed by atoms with van der Waals surface area (Å²) in [6.07, 6.45) is 19.3. The Morgan fingerprint density at radius 2 is 1.55 bits per heavy atom. The van der Waals surface area contributed by atoms with Crippen LogP contribution in [-0.2, 0) is 12.0 Å². The molecule has 1 atom stereocenters. The first-order valence-electron chi connectivity index (χ1n) is 14.8. The van der Waals surface area contributed by atoms with E-state index in [0.717, 1.165) is 29.7 Å². The van der Waals surface area contributed by atoms with Crippen LogP contribution >= 0.6 is 0 Å². The van der Waals surface area contributed by atoms with Gasteiger partial charge < -0.3 is 0 Å². The molecule has 0 saturated carbocycles. The van der Waals surface area contributed by atoms with Crippen molar-refractivity contribution in [2.45, 2.75) is 39.2 Å². The molecule has 0 aliphatic heterocycles. The van der Waals surface area contributed by atoms with Gasteiger partial charge in [-0.3, -0.25) is 4.99 Å². The smallest absolute Gasteiger partial charge is 0.102 e. The molecule has 0 bridgehead atoms. The van der Waals surface area contributed by atoms with Crippen LogP contribution < -0.4 is 0 Å². The molecule has 1 unspecified atom stereocenters. The zero-order valence-electron chi connectivity index (χ0n) is 24.9. The molecule has 1 aliphatic rings. The monoisotopic (exact) mass is 545 g/mol. The molecule has 0 amide bonds. The Balaban J connectivity index is 1.46. The fraction of sp³-hybridized carbons (Fsp3) is 0.146. The molecule has 208 valence electrons. The van der Waals surface area contributed by atoms with E-state index in [1.54, 1.807) is 0 Å². The highest BCUT2D eigenvalue weighted by molar-refractivity contribution is 6.09. The number of allylic oxidation sites excluding steroid dienone is 7. The number of rotatable bonds is 9. The zero-order chi connectivity index (χ0) is 29.4. The van der Waals surface area contributed by atoms with Crippen LogP contribution in [0.3, 0.4) is 0 Å². The number of nitrogens with zero attached hydrogens (tertiary/aromatic N) is 1. The Labute approximate surface area is 251 Å². The molecule has 4 aromatic carbocycles. The van der Waals surface area contributed by atoms with Gasteiger partial charge in [0.2, 0.25) is 0 Å². The molecule has 5 rings (SSSR count). The predicted molar refractivity (Wildman–Crippen MR) is 183 cm³/mol. The minimum Gasteiger partial charge on any atom is -0.269 e. The van der Waals surface area contributed by atoms with Gasteiger partial charge in [0.1, 0.15) is 5.54 Å². The van der Waals surface area contributed by atoms with E-state index in [0.29, 0.717) is 0 Å². The number of benzene rings is 4. The molecule has 0 N–H and O–H groups in total. The lowest BCUT2D eigenvalue weighted by Gasteiger charge is -2.23. The average Bonchev–Trinajstić information content (AvgIpc) is 3.05. The van der Waals surface area contributed by atoms with Crippen molar-refractivity contribution in [2.24, 2.45) is 4.99 Å². The zero-order valence-corrected chi connectivity index (χ0v) is 24.9. The van der Waals surface area contributed by atoms with E-state index in [2.05, 4.69) is 155 Å². The van der Waals surface area contributed by atoms with Gasteiger partial charge >= 0.3 is 0 Å². The summed E-state index contributed by atoms with van der Waals surface area (Å²) < 4.78 is 0. The minimum absolute atomic E-state index is 0.570. The van der Waals surface area contributed by atoms with Crippen molar-refractivity contribution in [3.63, 3.8) is 0 Å². The van der Waals surface area contributed by atoms with Crippen LogP contribution in [-0.4, -0.2) is 5.71 Å². The van der Waals surface area contributed by atoms with E-state index in [9.17, 15) is 0 Å². The van der Waals surface area contributed by atoms with E-state index >= 15 is 0 Å². The Morgan fingerprint density at radius 1 is 0.833 bits per heavy atom. The number of aliphatic imine (C=N–C) groups is 1. The number of hydrogen-bond donors (Lipinski definition) is 0. The normalized spacial score (nSPS) is 15.1. The van der Waals surface area contributed by atoms with Gasteiger partial charge in [0.05, 0.1) is 5.71 Å². The summed E-state index contributed by atoms with van der Waals surface area (Å²) >= 11 is 0. The highest BCUT2D eigenvalue weighted by Gasteiger charge is 2.23. The number of hydrogen-bond acceptors (Lipinski definition) is 1. The highest BCUT2D eigenvalue weighted by atomic mass is 14.9. The van der Waals surface area contributed by atoms with Crippen molar-refractivity contribution in [3.05, 3.63) is 180 Å². The molecule has 0 spiro atoms. The maximum Gasteiger partial charge on any atom is 0.102 e. The van der Waals surface area contributed by atoms with Crippen LogP contribution in [0.25, 0.3) is 22.8 Å². The predicted octanol–water partition coefficient (Wildman–Crippen LogP) is 10.7. The third-order valence-corrected chi connectivity index (χ3v) is 8.04. The first-order chi connectivity index (χ1) is 20.5. The molecule has 42 heavy (non-hydrogen) atoms. The van der Waals surface area contributed by atoms with Crippen molar-refractivity contribution in [3.8, 4) is 11.1 Å². The van der Waals surface area contributed by atoms with Crippen LogP contribution in [0.2, 0.25) is 0 Å². The molecule has 4 aromatic rings. The van der Waals surface area contributed by atoms with Gasteiger partial charge in [-0.05, 0) is 89.8 Å². The van der Waals surface area contributed by atoms with Crippen LogP contribution in [0.1, 0.15) is 53.6 Å². The van der Waals surface area contributed by atoms with E-state index < -0.39 is 5.54 Å².